The number of halogens is 2. The lowest BCUT2D eigenvalue weighted by molar-refractivity contribution is 0.743. The standard InChI is InChI=1S/C6H8Cl2N2/c1-4(7)5-3-6(8)10(2)9-5/h3-4H,1-2H3. The lowest BCUT2D eigenvalue weighted by atomic mass is 10.3. The number of hydrogen-bond acceptors (Lipinski definition) is 1. The summed E-state index contributed by atoms with van der Waals surface area (Å²) in [7, 11) is 1.78. The van der Waals surface area contributed by atoms with Gasteiger partial charge in [-0.1, -0.05) is 11.6 Å². The van der Waals surface area contributed by atoms with Crippen molar-refractivity contribution >= 4 is 23.2 Å². The average Bonchev–Trinajstić information content (AvgIpc) is 2.13. The van der Waals surface area contributed by atoms with E-state index < -0.39 is 0 Å². The first-order valence-corrected chi connectivity index (χ1v) is 3.76. The van der Waals surface area contributed by atoms with E-state index in [0.29, 0.717) is 5.15 Å². The number of alkyl halides is 1. The molecule has 1 aromatic heterocycles. The molecule has 0 amide bonds. The molecule has 1 unspecified atom stereocenters. The first-order chi connectivity index (χ1) is 4.61. The van der Waals surface area contributed by atoms with E-state index in [1.807, 2.05) is 6.92 Å². The minimum atomic E-state index is -0.0706. The molecule has 2 nitrogen and oxygen atoms in total. The van der Waals surface area contributed by atoms with Gasteiger partial charge in [-0.15, -0.1) is 11.6 Å². The summed E-state index contributed by atoms with van der Waals surface area (Å²) in [6, 6.07) is 1.76. The summed E-state index contributed by atoms with van der Waals surface area (Å²) < 4.78 is 1.59. The Morgan fingerprint density at radius 1 is 1.70 bits per heavy atom. The van der Waals surface area contributed by atoms with E-state index in [9.17, 15) is 0 Å². The number of aromatic nitrogens is 2. The molecular formula is C6H8Cl2N2. The van der Waals surface area contributed by atoms with Crippen molar-refractivity contribution in [3.8, 4) is 0 Å². The molecule has 0 saturated carbocycles. The predicted octanol–water partition coefficient (Wildman–Crippen LogP) is 2.37. The molecule has 0 aromatic carbocycles. The molecule has 0 bridgehead atoms. The van der Waals surface area contributed by atoms with Crippen molar-refractivity contribution in [2.24, 2.45) is 7.05 Å². The van der Waals surface area contributed by atoms with Crippen LogP contribution in [0.15, 0.2) is 6.07 Å². The van der Waals surface area contributed by atoms with Crippen molar-refractivity contribution in [3.05, 3.63) is 16.9 Å². The molecule has 0 aliphatic rings. The van der Waals surface area contributed by atoms with E-state index in [4.69, 9.17) is 23.2 Å². The Balaban J connectivity index is 2.98. The highest BCUT2D eigenvalue weighted by atomic mass is 35.5. The summed E-state index contributed by atoms with van der Waals surface area (Å²) in [5, 5.41) is 4.61. The van der Waals surface area contributed by atoms with Crippen LogP contribution < -0.4 is 0 Å². The third-order valence-corrected chi connectivity index (χ3v) is 1.83. The van der Waals surface area contributed by atoms with Crippen LogP contribution >= 0.6 is 23.2 Å². The van der Waals surface area contributed by atoms with Gasteiger partial charge in [0.15, 0.2) is 0 Å². The second-order valence-electron chi connectivity index (χ2n) is 2.13. The SMILES string of the molecule is CC(Cl)c1cc(Cl)n(C)n1. The van der Waals surface area contributed by atoms with Crippen molar-refractivity contribution in [3.63, 3.8) is 0 Å². The highest BCUT2D eigenvalue weighted by Crippen LogP contribution is 2.20. The van der Waals surface area contributed by atoms with Crippen LogP contribution in [0, 0.1) is 0 Å². The molecule has 0 N–H and O–H groups in total. The highest BCUT2D eigenvalue weighted by Gasteiger charge is 2.06. The van der Waals surface area contributed by atoms with Crippen LogP contribution in [0.25, 0.3) is 0 Å². The zero-order valence-electron chi connectivity index (χ0n) is 5.81. The number of rotatable bonds is 1. The van der Waals surface area contributed by atoms with Gasteiger partial charge in [-0.2, -0.15) is 5.10 Å². The predicted molar refractivity (Wildman–Crippen MR) is 42.5 cm³/mol. The molecular weight excluding hydrogens is 171 g/mol. The Morgan fingerprint density at radius 2 is 2.30 bits per heavy atom. The molecule has 1 rings (SSSR count). The van der Waals surface area contributed by atoms with Crippen molar-refractivity contribution < 1.29 is 0 Å². The quantitative estimate of drug-likeness (QED) is 0.605. The van der Waals surface area contributed by atoms with Crippen LogP contribution in [-0.4, -0.2) is 9.78 Å². The summed E-state index contributed by atoms with van der Waals surface area (Å²) in [4.78, 5) is 0. The molecule has 0 aliphatic carbocycles. The summed E-state index contributed by atoms with van der Waals surface area (Å²) in [5.74, 6) is 0. The fraction of sp³-hybridized carbons (Fsp3) is 0.500. The largest absolute Gasteiger partial charge is 0.257 e. The van der Waals surface area contributed by atoms with Gasteiger partial charge in [-0.05, 0) is 13.0 Å². The molecule has 56 valence electrons. The Kier molecular flexibility index (Phi) is 2.21. The van der Waals surface area contributed by atoms with E-state index in [2.05, 4.69) is 5.10 Å². The van der Waals surface area contributed by atoms with Crippen molar-refractivity contribution in [2.75, 3.05) is 0 Å². The van der Waals surface area contributed by atoms with Gasteiger partial charge in [0.2, 0.25) is 0 Å². The molecule has 0 fully saturated rings. The molecule has 1 heterocycles. The van der Waals surface area contributed by atoms with Crippen LogP contribution in [0.1, 0.15) is 18.0 Å². The van der Waals surface area contributed by atoms with Gasteiger partial charge in [-0.3, -0.25) is 4.68 Å². The average molecular weight is 179 g/mol. The Bertz CT molecular complexity index is 210. The van der Waals surface area contributed by atoms with Gasteiger partial charge in [0, 0.05) is 7.05 Å². The summed E-state index contributed by atoms with van der Waals surface area (Å²) >= 11 is 11.5. The zero-order chi connectivity index (χ0) is 7.72. The maximum Gasteiger partial charge on any atom is 0.127 e. The minimum Gasteiger partial charge on any atom is -0.257 e. The molecule has 4 heteroatoms. The van der Waals surface area contributed by atoms with E-state index in [0.717, 1.165) is 5.69 Å². The summed E-state index contributed by atoms with van der Waals surface area (Å²) in [5.41, 5.74) is 0.814. The summed E-state index contributed by atoms with van der Waals surface area (Å²) in [6.45, 7) is 1.86. The zero-order valence-corrected chi connectivity index (χ0v) is 7.32. The van der Waals surface area contributed by atoms with Crippen LogP contribution in [0.2, 0.25) is 5.15 Å². The van der Waals surface area contributed by atoms with Crippen LogP contribution in [0.4, 0.5) is 0 Å². The maximum absolute atomic E-state index is 5.75. The fourth-order valence-electron chi connectivity index (χ4n) is 0.660. The normalized spacial score (nSPS) is 13.6. The lowest BCUT2D eigenvalue weighted by Crippen LogP contribution is -1.91. The first kappa shape index (κ1) is 7.89. The van der Waals surface area contributed by atoms with Gasteiger partial charge >= 0.3 is 0 Å². The smallest absolute Gasteiger partial charge is 0.127 e. The second kappa shape index (κ2) is 2.81. The summed E-state index contributed by atoms with van der Waals surface area (Å²) in [6.07, 6.45) is 0. The molecule has 1 aromatic rings. The maximum atomic E-state index is 5.75. The van der Waals surface area contributed by atoms with Crippen LogP contribution in [-0.2, 0) is 7.05 Å². The molecule has 1 atom stereocenters. The third-order valence-electron chi connectivity index (χ3n) is 1.25. The van der Waals surface area contributed by atoms with Crippen molar-refractivity contribution in [2.45, 2.75) is 12.3 Å². The van der Waals surface area contributed by atoms with Gasteiger partial charge in [-0.25, -0.2) is 0 Å². The van der Waals surface area contributed by atoms with E-state index in [1.165, 1.54) is 0 Å². The van der Waals surface area contributed by atoms with Crippen LogP contribution in [0.5, 0.6) is 0 Å². The van der Waals surface area contributed by atoms with E-state index >= 15 is 0 Å². The van der Waals surface area contributed by atoms with Crippen molar-refractivity contribution in [1.29, 1.82) is 0 Å². The van der Waals surface area contributed by atoms with Gasteiger partial charge in [0.05, 0.1) is 11.1 Å². The van der Waals surface area contributed by atoms with E-state index in [1.54, 1.807) is 17.8 Å². The third kappa shape index (κ3) is 1.44. The molecule has 10 heavy (non-hydrogen) atoms. The van der Waals surface area contributed by atoms with E-state index in [-0.39, 0.29) is 5.38 Å². The molecule has 0 aliphatic heterocycles. The number of hydrogen-bond donors (Lipinski definition) is 0. The minimum absolute atomic E-state index is 0.0706. The fourth-order valence-corrected chi connectivity index (χ4v) is 0.916. The lowest BCUT2D eigenvalue weighted by Gasteiger charge is -1.93. The van der Waals surface area contributed by atoms with Gasteiger partial charge in [0.1, 0.15) is 5.15 Å². The number of aryl methyl sites for hydroxylation is 1. The number of nitrogens with zero attached hydrogens (tertiary/aromatic N) is 2. The topological polar surface area (TPSA) is 17.8 Å². The molecule has 0 spiro atoms. The Morgan fingerprint density at radius 3 is 2.50 bits per heavy atom. The Labute approximate surface area is 69.7 Å². The molecule has 0 saturated heterocycles. The van der Waals surface area contributed by atoms with Crippen LogP contribution in [0.3, 0.4) is 0 Å². The first-order valence-electron chi connectivity index (χ1n) is 2.95. The van der Waals surface area contributed by atoms with Gasteiger partial charge in [0.25, 0.3) is 0 Å². The van der Waals surface area contributed by atoms with Gasteiger partial charge < -0.3 is 0 Å². The van der Waals surface area contributed by atoms with Crippen molar-refractivity contribution in [1.82, 2.24) is 9.78 Å². The monoisotopic (exact) mass is 178 g/mol. The highest BCUT2D eigenvalue weighted by molar-refractivity contribution is 6.29. The molecule has 0 radical (unpaired) electrons. The Hall–Kier alpha value is -0.210. The second-order valence-corrected chi connectivity index (χ2v) is 3.17.